The van der Waals surface area contributed by atoms with Crippen molar-refractivity contribution in [1.82, 2.24) is 4.90 Å². The molecule has 2 rings (SSSR count). The molecular formula is C16H22N2O2. The van der Waals surface area contributed by atoms with Gasteiger partial charge in [0.2, 0.25) is 0 Å². The molecule has 1 heterocycles. The highest BCUT2D eigenvalue weighted by molar-refractivity contribution is 5.27. The molecule has 0 saturated carbocycles. The lowest BCUT2D eigenvalue weighted by atomic mass is 10.2. The number of rotatable bonds is 5. The predicted octanol–water partition coefficient (Wildman–Crippen LogP) is 1.25. The maximum absolute atomic E-state index is 6.12. The molecule has 0 radical (unpaired) electrons. The minimum atomic E-state index is 0.0619. The molecule has 2 atom stereocenters. The largest absolute Gasteiger partial charge is 0.497 e. The van der Waals surface area contributed by atoms with Gasteiger partial charge in [-0.2, -0.15) is 0 Å². The van der Waals surface area contributed by atoms with E-state index in [4.69, 9.17) is 15.2 Å². The van der Waals surface area contributed by atoms with Gasteiger partial charge in [0.15, 0.2) is 0 Å². The Labute approximate surface area is 120 Å². The first-order valence-electron chi connectivity index (χ1n) is 6.85. The summed E-state index contributed by atoms with van der Waals surface area (Å²) < 4.78 is 10.9. The van der Waals surface area contributed by atoms with E-state index in [0.717, 1.165) is 25.4 Å². The molecule has 1 aromatic carbocycles. The number of nitrogens with zero attached hydrogens (tertiary/aromatic N) is 1. The zero-order valence-corrected chi connectivity index (χ0v) is 12.1. The van der Waals surface area contributed by atoms with Gasteiger partial charge >= 0.3 is 0 Å². The monoisotopic (exact) mass is 274 g/mol. The van der Waals surface area contributed by atoms with Gasteiger partial charge < -0.3 is 15.2 Å². The first-order chi connectivity index (χ1) is 9.72. The summed E-state index contributed by atoms with van der Waals surface area (Å²) in [5.41, 5.74) is 7.37. The standard InChI is InChI=1S/C16H22N2O2/c1-3-4-9-20-16-12-18(11-15(16)17)10-13-5-7-14(19-2)8-6-13/h5-8,15-16H,9-12,17H2,1-2H3/t15-,16-/m1/s1. The second-order valence-electron chi connectivity index (χ2n) is 4.98. The van der Waals surface area contributed by atoms with Crippen LogP contribution in [-0.2, 0) is 11.3 Å². The van der Waals surface area contributed by atoms with E-state index >= 15 is 0 Å². The van der Waals surface area contributed by atoms with Crippen LogP contribution in [0, 0.1) is 11.8 Å². The molecule has 1 saturated heterocycles. The van der Waals surface area contributed by atoms with Crippen LogP contribution in [0.15, 0.2) is 24.3 Å². The number of ether oxygens (including phenoxy) is 2. The van der Waals surface area contributed by atoms with Gasteiger partial charge in [0.05, 0.1) is 13.2 Å². The SMILES string of the molecule is CC#CCO[C@@H]1CN(Cc2ccc(OC)cc2)C[C@H]1N. The molecule has 0 unspecified atom stereocenters. The molecule has 0 aliphatic carbocycles. The van der Waals surface area contributed by atoms with Gasteiger partial charge in [0.1, 0.15) is 12.4 Å². The molecule has 1 aromatic rings. The van der Waals surface area contributed by atoms with Crippen molar-refractivity contribution < 1.29 is 9.47 Å². The van der Waals surface area contributed by atoms with Crippen molar-refractivity contribution >= 4 is 0 Å². The van der Waals surface area contributed by atoms with E-state index in [2.05, 4.69) is 28.9 Å². The third kappa shape index (κ3) is 3.97. The molecule has 1 fully saturated rings. The molecule has 4 heteroatoms. The van der Waals surface area contributed by atoms with Crippen LogP contribution in [0.3, 0.4) is 0 Å². The molecule has 108 valence electrons. The normalized spacial score (nSPS) is 22.4. The van der Waals surface area contributed by atoms with E-state index in [0.29, 0.717) is 6.61 Å². The van der Waals surface area contributed by atoms with Gasteiger partial charge in [-0.05, 0) is 24.6 Å². The fourth-order valence-corrected chi connectivity index (χ4v) is 2.40. The zero-order chi connectivity index (χ0) is 14.4. The maximum atomic E-state index is 6.12. The Morgan fingerprint density at radius 3 is 2.70 bits per heavy atom. The van der Waals surface area contributed by atoms with Gasteiger partial charge in [-0.25, -0.2) is 0 Å². The van der Waals surface area contributed by atoms with Crippen LogP contribution < -0.4 is 10.5 Å². The van der Waals surface area contributed by atoms with Crippen molar-refractivity contribution in [2.45, 2.75) is 25.6 Å². The fraction of sp³-hybridized carbons (Fsp3) is 0.500. The minimum absolute atomic E-state index is 0.0619. The topological polar surface area (TPSA) is 47.7 Å². The van der Waals surface area contributed by atoms with Crippen LogP contribution in [0.2, 0.25) is 0 Å². The van der Waals surface area contributed by atoms with Crippen molar-refractivity contribution in [3.8, 4) is 17.6 Å². The van der Waals surface area contributed by atoms with Crippen molar-refractivity contribution in [1.29, 1.82) is 0 Å². The summed E-state index contributed by atoms with van der Waals surface area (Å²) in [6.07, 6.45) is 0.0779. The van der Waals surface area contributed by atoms with Gasteiger partial charge in [-0.1, -0.05) is 18.1 Å². The van der Waals surface area contributed by atoms with Crippen LogP contribution >= 0.6 is 0 Å². The van der Waals surface area contributed by atoms with Crippen LogP contribution in [0.1, 0.15) is 12.5 Å². The lowest BCUT2D eigenvalue weighted by Crippen LogP contribution is -2.35. The summed E-state index contributed by atoms with van der Waals surface area (Å²) in [6, 6.07) is 8.20. The number of hydrogen-bond acceptors (Lipinski definition) is 4. The number of benzene rings is 1. The van der Waals surface area contributed by atoms with E-state index in [9.17, 15) is 0 Å². The number of nitrogens with two attached hydrogens (primary N) is 1. The molecule has 1 aliphatic rings. The van der Waals surface area contributed by atoms with Crippen molar-refractivity contribution in [3.05, 3.63) is 29.8 Å². The summed E-state index contributed by atoms with van der Waals surface area (Å²) in [7, 11) is 1.68. The Kier molecular flexibility index (Phi) is 5.42. The summed E-state index contributed by atoms with van der Waals surface area (Å²) >= 11 is 0. The van der Waals surface area contributed by atoms with E-state index in [1.807, 2.05) is 19.1 Å². The van der Waals surface area contributed by atoms with Crippen LogP contribution in [-0.4, -0.2) is 43.9 Å². The van der Waals surface area contributed by atoms with Gasteiger partial charge in [0.25, 0.3) is 0 Å². The fourth-order valence-electron chi connectivity index (χ4n) is 2.40. The molecule has 0 spiro atoms. The highest BCUT2D eigenvalue weighted by Gasteiger charge is 2.30. The van der Waals surface area contributed by atoms with Gasteiger partial charge in [-0.3, -0.25) is 4.90 Å². The average molecular weight is 274 g/mol. The van der Waals surface area contributed by atoms with E-state index < -0.39 is 0 Å². The third-order valence-electron chi connectivity index (χ3n) is 3.50. The predicted molar refractivity (Wildman–Crippen MR) is 79.4 cm³/mol. The number of methoxy groups -OCH3 is 1. The molecule has 0 amide bonds. The smallest absolute Gasteiger partial charge is 0.118 e. The summed E-state index contributed by atoms with van der Waals surface area (Å²) in [5, 5.41) is 0. The first-order valence-corrected chi connectivity index (χ1v) is 6.85. The van der Waals surface area contributed by atoms with E-state index in [-0.39, 0.29) is 12.1 Å². The molecule has 0 bridgehead atoms. The Hall–Kier alpha value is -1.54. The van der Waals surface area contributed by atoms with Crippen molar-refractivity contribution in [2.24, 2.45) is 5.73 Å². The van der Waals surface area contributed by atoms with Crippen molar-refractivity contribution in [2.75, 3.05) is 26.8 Å². The quantitative estimate of drug-likeness (QED) is 0.821. The van der Waals surface area contributed by atoms with Crippen molar-refractivity contribution in [3.63, 3.8) is 0 Å². The van der Waals surface area contributed by atoms with Gasteiger partial charge in [0, 0.05) is 25.7 Å². The van der Waals surface area contributed by atoms with E-state index in [1.54, 1.807) is 7.11 Å². The summed E-state index contributed by atoms with van der Waals surface area (Å²) in [4.78, 5) is 2.32. The lowest BCUT2D eigenvalue weighted by molar-refractivity contribution is 0.0742. The molecular weight excluding hydrogens is 252 g/mol. The Morgan fingerprint density at radius 1 is 1.30 bits per heavy atom. The second-order valence-corrected chi connectivity index (χ2v) is 4.98. The number of hydrogen-bond donors (Lipinski definition) is 1. The first kappa shape index (κ1) is 14.9. The summed E-state index contributed by atoms with van der Waals surface area (Å²) in [6.45, 7) is 4.88. The van der Waals surface area contributed by atoms with Crippen LogP contribution in [0.25, 0.3) is 0 Å². The number of likely N-dealkylation sites (tertiary alicyclic amines) is 1. The second kappa shape index (κ2) is 7.30. The molecule has 20 heavy (non-hydrogen) atoms. The van der Waals surface area contributed by atoms with Gasteiger partial charge in [-0.15, -0.1) is 5.92 Å². The Bertz CT molecular complexity index is 475. The molecule has 4 nitrogen and oxygen atoms in total. The van der Waals surface area contributed by atoms with Crippen LogP contribution in [0.4, 0.5) is 0 Å². The molecule has 0 aromatic heterocycles. The Morgan fingerprint density at radius 2 is 2.05 bits per heavy atom. The average Bonchev–Trinajstić information content (AvgIpc) is 2.80. The lowest BCUT2D eigenvalue weighted by Gasteiger charge is -2.15. The highest BCUT2D eigenvalue weighted by atomic mass is 16.5. The van der Waals surface area contributed by atoms with Crippen LogP contribution in [0.5, 0.6) is 5.75 Å². The molecule has 1 aliphatic heterocycles. The van der Waals surface area contributed by atoms with E-state index in [1.165, 1.54) is 5.56 Å². The molecule has 2 N–H and O–H groups in total. The third-order valence-corrected chi connectivity index (χ3v) is 3.50. The Balaban J connectivity index is 1.85. The maximum Gasteiger partial charge on any atom is 0.118 e. The zero-order valence-electron chi connectivity index (χ0n) is 12.1. The summed E-state index contributed by atoms with van der Waals surface area (Å²) in [5.74, 6) is 6.62. The highest BCUT2D eigenvalue weighted by Crippen LogP contribution is 2.17. The minimum Gasteiger partial charge on any atom is -0.497 e.